The van der Waals surface area contributed by atoms with Crippen molar-refractivity contribution in [1.82, 2.24) is 0 Å². The summed E-state index contributed by atoms with van der Waals surface area (Å²) in [6.07, 6.45) is 0.358. The molecular weight excluding hydrogens is 699 g/mol. The number of nitrogens with one attached hydrogen (secondary N) is 1. The van der Waals surface area contributed by atoms with Crippen LogP contribution in [-0.2, 0) is 27.5 Å². The molecule has 0 radical (unpaired) electrons. The van der Waals surface area contributed by atoms with Crippen molar-refractivity contribution >= 4 is 39.1 Å². The molecule has 270 valence electrons. The van der Waals surface area contributed by atoms with Crippen molar-refractivity contribution in [3.8, 4) is 11.1 Å². The number of hydrogen-bond acceptors (Lipinski definition) is 4. The Bertz CT molecular complexity index is 1950. The van der Waals surface area contributed by atoms with Gasteiger partial charge in [0.25, 0.3) is 10.1 Å². The third kappa shape index (κ3) is 10.5. The predicted molar refractivity (Wildman–Crippen MR) is 195 cm³/mol. The fourth-order valence-corrected chi connectivity index (χ4v) is 7.40. The number of alkyl halides is 3. The van der Waals surface area contributed by atoms with Crippen LogP contribution < -0.4 is 5.32 Å². The molecule has 0 aliphatic heterocycles. The quantitative estimate of drug-likeness (QED) is 0.111. The Morgan fingerprint density at radius 1 is 0.922 bits per heavy atom. The second kappa shape index (κ2) is 15.7. The number of halogens is 4. The van der Waals surface area contributed by atoms with Crippen LogP contribution in [0.2, 0.25) is 5.02 Å². The van der Waals surface area contributed by atoms with Crippen molar-refractivity contribution in [3.63, 3.8) is 0 Å². The average Bonchev–Trinajstić information content (AvgIpc) is 3.07. The third-order valence-corrected chi connectivity index (χ3v) is 10.9. The minimum atomic E-state index is -4.51. The molecule has 11 heteroatoms. The van der Waals surface area contributed by atoms with Crippen LogP contribution in [0.3, 0.4) is 0 Å². The van der Waals surface area contributed by atoms with Gasteiger partial charge in [0, 0.05) is 28.3 Å². The van der Waals surface area contributed by atoms with E-state index in [1.165, 1.54) is 11.6 Å². The molecule has 1 saturated carbocycles. The minimum Gasteiger partial charge on any atom is -0.326 e. The number of amides is 1. The molecule has 51 heavy (non-hydrogen) atoms. The van der Waals surface area contributed by atoms with Gasteiger partial charge < -0.3 is 5.32 Å². The van der Waals surface area contributed by atoms with E-state index in [1.807, 2.05) is 12.1 Å². The van der Waals surface area contributed by atoms with E-state index in [2.05, 4.69) is 31.3 Å². The molecule has 1 amide bonds. The topological polar surface area (TPSA) is 101 Å². The molecule has 1 fully saturated rings. The molecule has 4 aromatic rings. The van der Waals surface area contributed by atoms with Crippen LogP contribution in [0.25, 0.3) is 11.1 Å². The van der Waals surface area contributed by atoms with Gasteiger partial charge in [-0.05, 0) is 96.4 Å². The Hall–Kier alpha value is -3.99. The van der Waals surface area contributed by atoms with E-state index in [1.54, 1.807) is 48.5 Å². The lowest BCUT2D eigenvalue weighted by atomic mass is 9.71. The van der Waals surface area contributed by atoms with Crippen molar-refractivity contribution in [2.45, 2.75) is 76.8 Å². The Morgan fingerprint density at radius 2 is 1.55 bits per heavy atom. The SMILES string of the molecule is CC1(C)CCC(c2ccc(C(Cc3ccc(C(=O)CCCS(=O)(=O)O)cc3)C(=O)Nc3ccc(-c4ccc(C(F)(F)F)cc4Cl)cc3)cc2)CC1. The fourth-order valence-electron chi connectivity index (χ4n) is 6.60. The molecule has 0 spiro atoms. The first-order valence-corrected chi connectivity index (χ1v) is 18.9. The summed E-state index contributed by atoms with van der Waals surface area (Å²) in [4.78, 5) is 26.5. The maximum absolute atomic E-state index is 13.9. The Labute approximate surface area is 302 Å². The van der Waals surface area contributed by atoms with E-state index in [0.717, 1.165) is 48.9 Å². The zero-order chi connectivity index (χ0) is 37.0. The summed E-state index contributed by atoms with van der Waals surface area (Å²) in [5, 5.41) is 2.96. The number of anilines is 1. The summed E-state index contributed by atoms with van der Waals surface area (Å²) in [6, 6.07) is 25.0. The van der Waals surface area contributed by atoms with Crippen LogP contribution in [0.15, 0.2) is 91.0 Å². The molecule has 1 aliphatic rings. The number of hydrogen-bond donors (Lipinski definition) is 2. The van der Waals surface area contributed by atoms with E-state index in [9.17, 15) is 31.2 Å². The summed E-state index contributed by atoms with van der Waals surface area (Å²) < 4.78 is 70.3. The highest BCUT2D eigenvalue weighted by Crippen LogP contribution is 2.43. The molecule has 0 heterocycles. The molecule has 5 rings (SSSR count). The number of carbonyl (C=O) groups excluding carboxylic acids is 2. The van der Waals surface area contributed by atoms with Crippen LogP contribution in [0.4, 0.5) is 18.9 Å². The monoisotopic (exact) mass is 739 g/mol. The number of benzene rings is 4. The van der Waals surface area contributed by atoms with Gasteiger partial charge in [-0.2, -0.15) is 21.6 Å². The van der Waals surface area contributed by atoms with E-state index >= 15 is 0 Å². The van der Waals surface area contributed by atoms with Gasteiger partial charge in [-0.15, -0.1) is 0 Å². The molecule has 4 aromatic carbocycles. The third-order valence-electron chi connectivity index (χ3n) is 9.75. The average molecular weight is 740 g/mol. The van der Waals surface area contributed by atoms with Gasteiger partial charge in [0.2, 0.25) is 5.91 Å². The van der Waals surface area contributed by atoms with Gasteiger partial charge in [-0.25, -0.2) is 0 Å². The first kappa shape index (κ1) is 38.2. The highest BCUT2D eigenvalue weighted by atomic mass is 35.5. The van der Waals surface area contributed by atoms with E-state index in [4.69, 9.17) is 16.2 Å². The largest absolute Gasteiger partial charge is 0.416 e. The van der Waals surface area contributed by atoms with Crippen molar-refractivity contribution in [3.05, 3.63) is 124 Å². The number of rotatable bonds is 12. The van der Waals surface area contributed by atoms with E-state index in [-0.39, 0.29) is 29.6 Å². The van der Waals surface area contributed by atoms with Crippen LogP contribution in [0.1, 0.15) is 96.8 Å². The first-order valence-electron chi connectivity index (χ1n) is 16.9. The fraction of sp³-hybridized carbons (Fsp3) is 0.350. The molecule has 2 N–H and O–H groups in total. The number of Topliss-reactive ketones (excluding diaryl/α,β-unsaturated/α-hetero) is 1. The summed E-state index contributed by atoms with van der Waals surface area (Å²) >= 11 is 6.20. The molecule has 1 atom stereocenters. The molecule has 0 aromatic heterocycles. The van der Waals surface area contributed by atoms with Crippen LogP contribution in [0.5, 0.6) is 0 Å². The lowest BCUT2D eigenvalue weighted by Crippen LogP contribution is -2.23. The second-order valence-electron chi connectivity index (χ2n) is 14.1. The molecule has 0 saturated heterocycles. The van der Waals surface area contributed by atoms with Gasteiger partial charge in [-0.3, -0.25) is 14.1 Å². The maximum atomic E-state index is 13.9. The van der Waals surface area contributed by atoms with Gasteiger partial charge in [0.1, 0.15) is 0 Å². The lowest BCUT2D eigenvalue weighted by Gasteiger charge is -2.34. The van der Waals surface area contributed by atoms with Crippen LogP contribution in [-0.4, -0.2) is 30.4 Å². The Morgan fingerprint density at radius 3 is 2.12 bits per heavy atom. The van der Waals surface area contributed by atoms with Crippen molar-refractivity contribution in [1.29, 1.82) is 0 Å². The molecular formula is C40H41ClF3NO5S. The van der Waals surface area contributed by atoms with Crippen LogP contribution >= 0.6 is 11.6 Å². The summed E-state index contributed by atoms with van der Waals surface area (Å²) in [7, 11) is -4.15. The van der Waals surface area contributed by atoms with E-state index < -0.39 is 33.5 Å². The van der Waals surface area contributed by atoms with Gasteiger partial charge in [-0.1, -0.05) is 92.2 Å². The number of ketones is 1. The summed E-state index contributed by atoms with van der Waals surface area (Å²) in [5.74, 6) is -1.12. The summed E-state index contributed by atoms with van der Waals surface area (Å²) in [6.45, 7) is 4.61. The summed E-state index contributed by atoms with van der Waals surface area (Å²) in [5.41, 5.74) is 4.35. The normalized spacial score (nSPS) is 15.7. The van der Waals surface area contributed by atoms with Crippen LogP contribution in [0, 0.1) is 5.41 Å². The molecule has 1 unspecified atom stereocenters. The highest BCUT2D eigenvalue weighted by molar-refractivity contribution is 7.85. The number of carbonyl (C=O) groups is 2. The predicted octanol–water partition coefficient (Wildman–Crippen LogP) is 10.5. The highest BCUT2D eigenvalue weighted by Gasteiger charge is 2.31. The zero-order valence-electron chi connectivity index (χ0n) is 28.5. The maximum Gasteiger partial charge on any atom is 0.416 e. The smallest absolute Gasteiger partial charge is 0.326 e. The lowest BCUT2D eigenvalue weighted by molar-refractivity contribution is -0.137. The standard InChI is InChI=1S/C40H41ClF3NO5S/c1-39(2)21-19-28(20-22-39)27-9-11-30(12-10-27)35(24-26-5-7-31(8-6-26)37(46)4-3-23-51(48,49)50)38(47)45-33-16-13-29(14-17-33)34-18-15-32(25-36(34)41)40(42,43)44/h5-18,25,28,35H,3-4,19-24H2,1-2H3,(H,45,47)(H,48,49,50). The van der Waals surface area contributed by atoms with Crippen molar-refractivity contribution in [2.75, 3.05) is 11.1 Å². The molecule has 1 aliphatic carbocycles. The van der Waals surface area contributed by atoms with E-state index in [0.29, 0.717) is 40.1 Å². The zero-order valence-corrected chi connectivity index (χ0v) is 30.0. The molecule has 0 bridgehead atoms. The molecule has 6 nitrogen and oxygen atoms in total. The second-order valence-corrected chi connectivity index (χ2v) is 16.1. The first-order chi connectivity index (χ1) is 24.0. The van der Waals surface area contributed by atoms with Gasteiger partial charge >= 0.3 is 6.18 Å². The van der Waals surface area contributed by atoms with Gasteiger partial charge in [0.15, 0.2) is 5.78 Å². The Kier molecular flexibility index (Phi) is 11.8. The van der Waals surface area contributed by atoms with Gasteiger partial charge in [0.05, 0.1) is 17.2 Å². The minimum absolute atomic E-state index is 0.00856. The Balaban J connectivity index is 1.34. The van der Waals surface area contributed by atoms with Crippen molar-refractivity contribution in [2.24, 2.45) is 5.41 Å². The van der Waals surface area contributed by atoms with Crippen molar-refractivity contribution < 1.29 is 35.7 Å².